The Morgan fingerprint density at radius 2 is 2.18 bits per heavy atom. The van der Waals surface area contributed by atoms with Crippen LogP contribution in [0.5, 0.6) is 0 Å². The molecule has 7 heteroatoms. The van der Waals surface area contributed by atoms with Crippen molar-refractivity contribution >= 4 is 30.0 Å². The summed E-state index contributed by atoms with van der Waals surface area (Å²) >= 11 is 0. The predicted octanol–water partition coefficient (Wildman–Crippen LogP) is 2.08. The van der Waals surface area contributed by atoms with Crippen molar-refractivity contribution in [3.05, 3.63) is 18.0 Å². The lowest BCUT2D eigenvalue weighted by molar-refractivity contribution is -0.117. The first-order valence-electron chi connectivity index (χ1n) is 7.40. The van der Waals surface area contributed by atoms with Crippen molar-refractivity contribution in [1.29, 1.82) is 0 Å². The number of nitrogens with one attached hydrogen (secondary N) is 1. The van der Waals surface area contributed by atoms with Gasteiger partial charge in [0.1, 0.15) is 5.69 Å². The lowest BCUT2D eigenvalue weighted by Crippen LogP contribution is -2.28. The smallest absolute Gasteiger partial charge is 0.355 e. The number of amides is 1. The molecule has 0 spiro atoms. The van der Waals surface area contributed by atoms with Crippen LogP contribution in [0.25, 0.3) is 0 Å². The molecule has 1 aromatic heterocycles. The lowest BCUT2D eigenvalue weighted by atomic mass is 10.00. The molecular weight excluding hydrogens is 306 g/mol. The molecule has 0 radical (unpaired) electrons. The molecule has 1 fully saturated rings. The van der Waals surface area contributed by atoms with Crippen LogP contribution in [0.1, 0.15) is 43.1 Å². The maximum Gasteiger partial charge on any atom is 0.355 e. The normalized spacial score (nSPS) is 20.3. The highest BCUT2D eigenvalue weighted by Crippen LogP contribution is 2.27. The zero-order valence-corrected chi connectivity index (χ0v) is 13.8. The van der Waals surface area contributed by atoms with E-state index >= 15 is 0 Å². The highest BCUT2D eigenvalue weighted by molar-refractivity contribution is 5.94. The lowest BCUT2D eigenvalue weighted by Gasteiger charge is -2.14. The van der Waals surface area contributed by atoms with Crippen LogP contribution in [0.4, 0.5) is 5.69 Å². The van der Waals surface area contributed by atoms with Crippen LogP contribution in [-0.4, -0.2) is 29.1 Å². The number of nitrogens with zero attached hydrogens (tertiary/aromatic N) is 1. The van der Waals surface area contributed by atoms with E-state index in [1.807, 2.05) is 0 Å². The van der Waals surface area contributed by atoms with Crippen LogP contribution in [0.15, 0.2) is 12.3 Å². The molecule has 1 heterocycles. The summed E-state index contributed by atoms with van der Waals surface area (Å²) in [6.45, 7) is 2.08. The topological polar surface area (TPSA) is 86.3 Å². The third kappa shape index (κ3) is 4.48. The molecule has 0 aromatic carbocycles. The van der Waals surface area contributed by atoms with Crippen LogP contribution in [0, 0.1) is 5.92 Å². The van der Waals surface area contributed by atoms with Crippen molar-refractivity contribution in [3.8, 4) is 0 Å². The maximum absolute atomic E-state index is 12.0. The van der Waals surface area contributed by atoms with Gasteiger partial charge in [0, 0.05) is 25.7 Å². The zero-order valence-electron chi connectivity index (χ0n) is 13.0. The summed E-state index contributed by atoms with van der Waals surface area (Å²) in [5.41, 5.74) is 7.01. The van der Waals surface area contributed by atoms with E-state index in [-0.39, 0.29) is 30.3 Å². The van der Waals surface area contributed by atoms with Crippen LogP contribution < -0.4 is 11.1 Å². The number of hydrogen-bond acceptors (Lipinski definition) is 4. The SMILES string of the molecule is CCOC(=O)c1cc(NC(=O)C[C@@H]2CCC[C@H]2N)cn1C.Cl. The summed E-state index contributed by atoms with van der Waals surface area (Å²) in [5.74, 6) is -0.185. The Hall–Kier alpha value is -1.53. The Kier molecular flexibility index (Phi) is 6.90. The first-order chi connectivity index (χ1) is 10.0. The van der Waals surface area contributed by atoms with E-state index in [2.05, 4.69) is 5.32 Å². The number of anilines is 1. The molecule has 2 atom stereocenters. The fourth-order valence-electron chi connectivity index (χ4n) is 2.81. The van der Waals surface area contributed by atoms with E-state index in [4.69, 9.17) is 10.5 Å². The van der Waals surface area contributed by atoms with Crippen LogP contribution >= 0.6 is 12.4 Å². The van der Waals surface area contributed by atoms with E-state index in [1.54, 1.807) is 30.8 Å². The van der Waals surface area contributed by atoms with Gasteiger partial charge in [-0.2, -0.15) is 0 Å². The number of esters is 1. The summed E-state index contributed by atoms with van der Waals surface area (Å²) in [6.07, 6.45) is 5.24. The van der Waals surface area contributed by atoms with Gasteiger partial charge in [0.05, 0.1) is 12.3 Å². The van der Waals surface area contributed by atoms with Crippen LogP contribution in [0.3, 0.4) is 0 Å². The highest BCUT2D eigenvalue weighted by atomic mass is 35.5. The Balaban J connectivity index is 0.00000242. The average Bonchev–Trinajstić information content (AvgIpc) is 2.97. The number of carbonyl (C=O) groups excluding carboxylic acids is 2. The fraction of sp³-hybridized carbons (Fsp3) is 0.600. The minimum absolute atomic E-state index is 0. The van der Waals surface area contributed by atoms with Gasteiger partial charge in [-0.15, -0.1) is 12.4 Å². The van der Waals surface area contributed by atoms with Crippen molar-refractivity contribution in [2.45, 2.75) is 38.6 Å². The number of hydrogen-bond donors (Lipinski definition) is 2. The molecule has 22 heavy (non-hydrogen) atoms. The molecule has 0 aliphatic heterocycles. The molecule has 124 valence electrons. The van der Waals surface area contributed by atoms with Gasteiger partial charge in [-0.1, -0.05) is 6.42 Å². The van der Waals surface area contributed by atoms with Gasteiger partial charge in [0.25, 0.3) is 0 Å². The van der Waals surface area contributed by atoms with Crippen molar-refractivity contribution in [2.24, 2.45) is 18.7 Å². The highest BCUT2D eigenvalue weighted by Gasteiger charge is 2.26. The molecule has 1 aromatic rings. The second-order valence-corrected chi connectivity index (χ2v) is 5.55. The van der Waals surface area contributed by atoms with Gasteiger partial charge in [0.15, 0.2) is 0 Å². The Bertz CT molecular complexity index is 530. The molecule has 0 unspecified atom stereocenters. The molecule has 6 nitrogen and oxygen atoms in total. The number of carbonyl (C=O) groups is 2. The summed E-state index contributed by atoms with van der Waals surface area (Å²) in [6, 6.07) is 1.76. The first kappa shape index (κ1) is 18.5. The molecule has 1 saturated carbocycles. The Morgan fingerprint density at radius 1 is 1.45 bits per heavy atom. The molecule has 1 aliphatic carbocycles. The number of nitrogens with two attached hydrogens (primary N) is 1. The molecule has 1 aliphatic rings. The fourth-order valence-corrected chi connectivity index (χ4v) is 2.81. The number of aromatic nitrogens is 1. The second-order valence-electron chi connectivity index (χ2n) is 5.55. The summed E-state index contributed by atoms with van der Waals surface area (Å²) in [4.78, 5) is 23.8. The third-order valence-corrected chi connectivity index (χ3v) is 3.94. The maximum atomic E-state index is 12.0. The largest absolute Gasteiger partial charge is 0.461 e. The molecule has 0 saturated heterocycles. The number of rotatable bonds is 5. The summed E-state index contributed by atoms with van der Waals surface area (Å²) < 4.78 is 6.61. The van der Waals surface area contributed by atoms with E-state index in [9.17, 15) is 9.59 Å². The average molecular weight is 330 g/mol. The molecule has 3 N–H and O–H groups in total. The molecule has 0 bridgehead atoms. The minimum atomic E-state index is -0.390. The van der Waals surface area contributed by atoms with E-state index in [1.165, 1.54) is 0 Å². The van der Waals surface area contributed by atoms with Gasteiger partial charge in [-0.05, 0) is 31.7 Å². The first-order valence-corrected chi connectivity index (χ1v) is 7.40. The van der Waals surface area contributed by atoms with Crippen LogP contribution in [-0.2, 0) is 16.6 Å². The van der Waals surface area contributed by atoms with Crippen molar-refractivity contribution < 1.29 is 14.3 Å². The van der Waals surface area contributed by atoms with Crippen molar-refractivity contribution in [3.63, 3.8) is 0 Å². The molecular formula is C15H24ClN3O3. The van der Waals surface area contributed by atoms with Gasteiger partial charge < -0.3 is 20.4 Å². The van der Waals surface area contributed by atoms with Gasteiger partial charge in [-0.25, -0.2) is 4.79 Å². The Morgan fingerprint density at radius 3 is 2.77 bits per heavy atom. The van der Waals surface area contributed by atoms with E-state index in [0.717, 1.165) is 19.3 Å². The third-order valence-electron chi connectivity index (χ3n) is 3.94. The van der Waals surface area contributed by atoms with Gasteiger partial charge in [0.2, 0.25) is 5.91 Å². The van der Waals surface area contributed by atoms with Gasteiger partial charge in [-0.3, -0.25) is 4.79 Å². The second kappa shape index (κ2) is 8.19. The summed E-state index contributed by atoms with van der Waals surface area (Å²) in [5, 5.41) is 2.82. The van der Waals surface area contributed by atoms with Crippen molar-refractivity contribution in [1.82, 2.24) is 4.57 Å². The summed E-state index contributed by atoms with van der Waals surface area (Å²) in [7, 11) is 1.74. The number of aryl methyl sites for hydroxylation is 1. The van der Waals surface area contributed by atoms with Gasteiger partial charge >= 0.3 is 5.97 Å². The standard InChI is InChI=1S/C15H23N3O3.ClH/c1-3-21-15(20)13-8-11(9-18(13)2)17-14(19)7-10-5-4-6-12(10)16;/h8-10,12H,3-7,16H2,1-2H3,(H,17,19);1H/t10-,12+;/m0./s1. The van der Waals surface area contributed by atoms with E-state index in [0.29, 0.717) is 24.4 Å². The van der Waals surface area contributed by atoms with Crippen LogP contribution in [0.2, 0.25) is 0 Å². The number of halogens is 1. The Labute approximate surface area is 136 Å². The predicted molar refractivity (Wildman–Crippen MR) is 87.2 cm³/mol. The number of ether oxygens (including phenoxy) is 1. The quantitative estimate of drug-likeness (QED) is 0.810. The van der Waals surface area contributed by atoms with E-state index < -0.39 is 5.97 Å². The minimum Gasteiger partial charge on any atom is -0.461 e. The molecule has 1 amide bonds. The molecule has 2 rings (SSSR count). The zero-order chi connectivity index (χ0) is 15.4. The van der Waals surface area contributed by atoms with Crippen molar-refractivity contribution in [2.75, 3.05) is 11.9 Å². The monoisotopic (exact) mass is 329 g/mol.